The lowest BCUT2D eigenvalue weighted by Crippen LogP contribution is -2.22. The fourth-order valence-corrected chi connectivity index (χ4v) is 3.49. The number of hydrogen-bond donors (Lipinski definition) is 0. The van der Waals surface area contributed by atoms with E-state index in [1.54, 1.807) is 12.3 Å². The Hall–Kier alpha value is -2.67. The summed E-state index contributed by atoms with van der Waals surface area (Å²) in [6, 6.07) is 11.5. The van der Waals surface area contributed by atoms with Crippen LogP contribution in [0.3, 0.4) is 0 Å². The number of halogens is 1. The first kappa shape index (κ1) is 23.0. The van der Waals surface area contributed by atoms with Gasteiger partial charge >= 0.3 is 0 Å². The molecule has 0 aliphatic heterocycles. The van der Waals surface area contributed by atoms with Crippen LogP contribution in [0.5, 0.6) is 5.75 Å². The zero-order valence-electron chi connectivity index (χ0n) is 18.7. The molecule has 0 aliphatic rings. The second-order valence-corrected chi connectivity index (χ2v) is 8.67. The summed E-state index contributed by atoms with van der Waals surface area (Å²) in [5.41, 5.74) is 2.35. The third kappa shape index (κ3) is 5.34. The summed E-state index contributed by atoms with van der Waals surface area (Å²) < 4.78 is 8.38. The minimum absolute atomic E-state index is 0.0719. The summed E-state index contributed by atoms with van der Waals surface area (Å²) in [7, 11) is 3.98. The topological polar surface area (TPSA) is 59.7 Å². The summed E-state index contributed by atoms with van der Waals surface area (Å²) in [5.74, 6) is 1.39. The lowest BCUT2D eigenvalue weighted by molar-refractivity contribution is 0.217. The number of hydrogen-bond acceptors (Lipinski definition) is 5. The summed E-state index contributed by atoms with van der Waals surface area (Å²) in [5, 5.41) is 5.08. The zero-order chi connectivity index (χ0) is 22.5. The number of ether oxygens (including phenoxy) is 1. The minimum Gasteiger partial charge on any atom is -0.490 e. The largest absolute Gasteiger partial charge is 0.490 e. The van der Waals surface area contributed by atoms with Crippen LogP contribution in [-0.4, -0.2) is 36.1 Å². The molecule has 2 aromatic carbocycles. The van der Waals surface area contributed by atoms with Gasteiger partial charge in [-0.15, -0.1) is 0 Å². The molecule has 0 radical (unpaired) electrons. The van der Waals surface area contributed by atoms with Crippen LogP contribution in [0.2, 0.25) is 0 Å². The molecular weight excluding hydrogens is 456 g/mol. The van der Waals surface area contributed by atoms with Crippen LogP contribution in [0, 0.1) is 0 Å². The van der Waals surface area contributed by atoms with Crippen LogP contribution >= 0.6 is 15.9 Å². The van der Waals surface area contributed by atoms with Gasteiger partial charge in [0.15, 0.2) is 0 Å². The Labute approximate surface area is 191 Å². The van der Waals surface area contributed by atoms with E-state index in [1.165, 1.54) is 4.68 Å². The van der Waals surface area contributed by atoms with Gasteiger partial charge in [-0.2, -0.15) is 9.78 Å². The Morgan fingerprint density at radius 2 is 2.00 bits per heavy atom. The van der Waals surface area contributed by atoms with Gasteiger partial charge in [-0.1, -0.05) is 29.8 Å². The predicted molar refractivity (Wildman–Crippen MR) is 132 cm³/mol. The molecule has 0 N–H and O–H groups in total. The van der Waals surface area contributed by atoms with E-state index >= 15 is 0 Å². The van der Waals surface area contributed by atoms with E-state index in [0.717, 1.165) is 34.3 Å². The van der Waals surface area contributed by atoms with Crippen LogP contribution < -0.4 is 15.2 Å². The summed E-state index contributed by atoms with van der Waals surface area (Å²) in [6.07, 6.45) is 4.18. The van der Waals surface area contributed by atoms with Gasteiger partial charge in [-0.05, 0) is 50.1 Å². The van der Waals surface area contributed by atoms with Crippen molar-refractivity contribution in [3.05, 3.63) is 62.6 Å². The third-order valence-corrected chi connectivity index (χ3v) is 5.57. The maximum atomic E-state index is 13.2. The molecule has 0 fully saturated rings. The highest BCUT2D eigenvalue weighted by molar-refractivity contribution is 9.10. The molecule has 0 aliphatic carbocycles. The first-order chi connectivity index (χ1) is 14.8. The highest BCUT2D eigenvalue weighted by atomic mass is 79.9. The summed E-state index contributed by atoms with van der Waals surface area (Å²) >= 11 is 3.44. The Bertz CT molecular complexity index is 1150. The smallest absolute Gasteiger partial charge is 0.282 e. The van der Waals surface area contributed by atoms with E-state index in [-0.39, 0.29) is 11.7 Å². The number of anilines is 1. The van der Waals surface area contributed by atoms with Crippen molar-refractivity contribution in [3.8, 4) is 5.75 Å². The summed E-state index contributed by atoms with van der Waals surface area (Å²) in [6.45, 7) is 6.19. The molecule has 3 aromatic rings. The number of aryl methyl sites for hydroxylation is 1. The highest BCUT2D eigenvalue weighted by Crippen LogP contribution is 2.25. The molecule has 31 heavy (non-hydrogen) atoms. The van der Waals surface area contributed by atoms with Crippen molar-refractivity contribution in [2.75, 3.05) is 19.0 Å². The Morgan fingerprint density at radius 3 is 2.68 bits per heavy atom. The zero-order valence-corrected chi connectivity index (χ0v) is 20.3. The standard InChI is InChI=1S/C24H29BrN4O2/c1-6-8-23-27-21-12-10-18(25)13-20(21)24(30)29(23)26-15-17-9-11-19(28(4)5)14-22(17)31-16(3)7-2/h9-16H,6-8H2,1-5H3/t16-/m1/s1. The molecule has 164 valence electrons. The average molecular weight is 485 g/mol. The highest BCUT2D eigenvalue weighted by Gasteiger charge is 2.12. The molecule has 0 saturated heterocycles. The van der Waals surface area contributed by atoms with Crippen molar-refractivity contribution >= 4 is 38.7 Å². The summed E-state index contributed by atoms with van der Waals surface area (Å²) in [4.78, 5) is 19.9. The van der Waals surface area contributed by atoms with Gasteiger partial charge in [0, 0.05) is 42.3 Å². The van der Waals surface area contributed by atoms with E-state index in [1.807, 2.05) is 56.3 Å². The monoisotopic (exact) mass is 484 g/mol. The Morgan fingerprint density at radius 1 is 1.23 bits per heavy atom. The fourth-order valence-electron chi connectivity index (χ4n) is 3.13. The lowest BCUT2D eigenvalue weighted by Gasteiger charge is -2.18. The number of nitrogens with zero attached hydrogens (tertiary/aromatic N) is 4. The van der Waals surface area contributed by atoms with Crippen molar-refractivity contribution in [2.24, 2.45) is 5.10 Å². The van der Waals surface area contributed by atoms with Crippen LogP contribution in [0.4, 0.5) is 5.69 Å². The number of fused-ring (bicyclic) bond motifs is 1. The van der Waals surface area contributed by atoms with Crippen LogP contribution in [-0.2, 0) is 6.42 Å². The Kier molecular flexibility index (Phi) is 7.49. The minimum atomic E-state index is -0.180. The van der Waals surface area contributed by atoms with Crippen LogP contribution in [0.1, 0.15) is 45.0 Å². The van der Waals surface area contributed by atoms with Crippen LogP contribution in [0.25, 0.3) is 10.9 Å². The van der Waals surface area contributed by atoms with Crippen molar-refractivity contribution < 1.29 is 4.74 Å². The van der Waals surface area contributed by atoms with Crippen molar-refractivity contribution in [1.82, 2.24) is 9.66 Å². The van der Waals surface area contributed by atoms with Gasteiger partial charge in [0.2, 0.25) is 0 Å². The molecule has 1 aromatic heterocycles. The molecule has 0 spiro atoms. The molecule has 3 rings (SSSR count). The second-order valence-electron chi connectivity index (χ2n) is 7.75. The molecule has 0 unspecified atom stereocenters. The fraction of sp³-hybridized carbons (Fsp3) is 0.375. The van der Waals surface area contributed by atoms with E-state index in [9.17, 15) is 4.79 Å². The van der Waals surface area contributed by atoms with E-state index in [2.05, 4.69) is 34.9 Å². The molecular formula is C24H29BrN4O2. The number of aromatic nitrogens is 2. The van der Waals surface area contributed by atoms with Gasteiger partial charge in [0.05, 0.1) is 23.2 Å². The third-order valence-electron chi connectivity index (χ3n) is 5.08. The van der Waals surface area contributed by atoms with Gasteiger partial charge in [0.25, 0.3) is 5.56 Å². The van der Waals surface area contributed by atoms with E-state index < -0.39 is 0 Å². The predicted octanol–water partition coefficient (Wildman–Crippen LogP) is 5.24. The molecule has 0 amide bonds. The number of rotatable bonds is 8. The van der Waals surface area contributed by atoms with Gasteiger partial charge in [-0.25, -0.2) is 4.98 Å². The average Bonchev–Trinajstić information content (AvgIpc) is 2.74. The van der Waals surface area contributed by atoms with Crippen molar-refractivity contribution in [3.63, 3.8) is 0 Å². The Balaban J connectivity index is 2.11. The van der Waals surface area contributed by atoms with Gasteiger partial charge < -0.3 is 9.64 Å². The van der Waals surface area contributed by atoms with Crippen molar-refractivity contribution in [2.45, 2.75) is 46.1 Å². The van der Waals surface area contributed by atoms with Gasteiger partial charge in [0.1, 0.15) is 11.6 Å². The van der Waals surface area contributed by atoms with E-state index in [0.29, 0.717) is 23.1 Å². The SMILES string of the molecule is CCCc1nc2ccc(Br)cc2c(=O)n1N=Cc1ccc(N(C)C)cc1O[C@H](C)CC. The number of benzene rings is 2. The quantitative estimate of drug-likeness (QED) is 0.410. The maximum absolute atomic E-state index is 13.2. The maximum Gasteiger partial charge on any atom is 0.282 e. The van der Waals surface area contributed by atoms with E-state index in [4.69, 9.17) is 9.72 Å². The van der Waals surface area contributed by atoms with Gasteiger partial charge in [-0.3, -0.25) is 4.79 Å². The normalized spacial score (nSPS) is 12.5. The molecule has 1 atom stereocenters. The first-order valence-corrected chi connectivity index (χ1v) is 11.4. The van der Waals surface area contributed by atoms with Crippen LogP contribution in [0.15, 0.2) is 50.8 Å². The molecule has 0 bridgehead atoms. The lowest BCUT2D eigenvalue weighted by atomic mass is 10.2. The second kappa shape index (κ2) is 10.1. The molecule has 7 heteroatoms. The molecule has 0 saturated carbocycles. The first-order valence-electron chi connectivity index (χ1n) is 10.6. The molecule has 6 nitrogen and oxygen atoms in total. The molecule has 1 heterocycles. The van der Waals surface area contributed by atoms with Crippen molar-refractivity contribution in [1.29, 1.82) is 0 Å².